The van der Waals surface area contributed by atoms with E-state index in [9.17, 15) is 4.79 Å². The number of hydrogen-bond donors (Lipinski definition) is 2. The van der Waals surface area contributed by atoms with Crippen molar-refractivity contribution in [3.63, 3.8) is 0 Å². The van der Waals surface area contributed by atoms with Gasteiger partial charge in [0.2, 0.25) is 5.91 Å². The van der Waals surface area contributed by atoms with Gasteiger partial charge in [0.05, 0.1) is 12.4 Å². The third kappa shape index (κ3) is 3.88. The molecule has 0 aliphatic heterocycles. The molecule has 1 aliphatic carbocycles. The van der Waals surface area contributed by atoms with Gasteiger partial charge in [-0.3, -0.25) is 4.79 Å². The van der Waals surface area contributed by atoms with E-state index >= 15 is 0 Å². The fourth-order valence-electron chi connectivity index (χ4n) is 1.15. The highest BCUT2D eigenvalue weighted by Crippen LogP contribution is 2.44. The molecule has 0 atom stereocenters. The topological polar surface area (TPSA) is 49.3 Å². The van der Waals surface area contributed by atoms with Crippen LogP contribution >= 0.6 is 11.8 Å². The summed E-state index contributed by atoms with van der Waals surface area (Å²) in [5, 5.41) is 12.4. The summed E-state index contributed by atoms with van der Waals surface area (Å²) in [5.41, 5.74) is 0.0259. The maximum atomic E-state index is 11.3. The van der Waals surface area contributed by atoms with E-state index in [1.807, 2.05) is 0 Å². The van der Waals surface area contributed by atoms with Crippen LogP contribution in [-0.4, -0.2) is 35.2 Å². The van der Waals surface area contributed by atoms with E-state index in [1.165, 1.54) is 0 Å². The van der Waals surface area contributed by atoms with Gasteiger partial charge in [0.25, 0.3) is 0 Å². The van der Waals surface area contributed by atoms with Gasteiger partial charge in [-0.1, -0.05) is 13.8 Å². The maximum absolute atomic E-state index is 11.3. The Labute approximate surface area is 89.6 Å². The van der Waals surface area contributed by atoms with Crippen LogP contribution in [0.1, 0.15) is 26.7 Å². The minimum absolute atomic E-state index is 0.0259. The Kier molecular flexibility index (Phi) is 4.26. The van der Waals surface area contributed by atoms with Gasteiger partial charge in [0, 0.05) is 12.0 Å². The van der Waals surface area contributed by atoms with Crippen LogP contribution in [0, 0.1) is 5.41 Å². The van der Waals surface area contributed by atoms with Crippen molar-refractivity contribution in [1.29, 1.82) is 0 Å². The van der Waals surface area contributed by atoms with Crippen LogP contribution in [0.3, 0.4) is 0 Å². The monoisotopic (exact) mass is 217 g/mol. The second kappa shape index (κ2) is 5.03. The van der Waals surface area contributed by atoms with Crippen molar-refractivity contribution < 1.29 is 9.90 Å². The first-order valence-electron chi connectivity index (χ1n) is 5.07. The Bertz CT molecular complexity index is 202. The minimum atomic E-state index is 0.0259. The van der Waals surface area contributed by atoms with Crippen molar-refractivity contribution in [3.8, 4) is 0 Å². The number of aliphatic hydroxyl groups excluding tert-OH is 1. The molecule has 2 N–H and O–H groups in total. The number of carbonyl (C=O) groups is 1. The molecular formula is C10H19NO2S. The lowest BCUT2D eigenvalue weighted by Gasteiger charge is -2.12. The summed E-state index contributed by atoms with van der Waals surface area (Å²) in [6, 6.07) is 0. The van der Waals surface area contributed by atoms with Crippen LogP contribution in [0.5, 0.6) is 0 Å². The first-order chi connectivity index (χ1) is 6.58. The molecule has 1 rings (SSSR count). The Hall–Kier alpha value is -0.220. The van der Waals surface area contributed by atoms with E-state index in [0.29, 0.717) is 17.5 Å². The maximum Gasteiger partial charge on any atom is 0.230 e. The van der Waals surface area contributed by atoms with E-state index in [1.54, 1.807) is 11.8 Å². The molecule has 82 valence electrons. The smallest absolute Gasteiger partial charge is 0.230 e. The standard InChI is InChI=1S/C10H19NO2S/c1-8(2)14-5-9(13)11-6-10(7-12)3-4-10/h8,12H,3-7H2,1-2H3,(H,11,13). The fraction of sp³-hybridized carbons (Fsp3) is 0.900. The van der Waals surface area contributed by atoms with Crippen LogP contribution < -0.4 is 5.32 Å². The quantitative estimate of drug-likeness (QED) is 0.698. The summed E-state index contributed by atoms with van der Waals surface area (Å²) in [5.74, 6) is 0.613. The molecule has 0 aromatic carbocycles. The van der Waals surface area contributed by atoms with E-state index in [2.05, 4.69) is 19.2 Å². The van der Waals surface area contributed by atoms with Crippen LogP contribution in [0.15, 0.2) is 0 Å². The van der Waals surface area contributed by atoms with Crippen molar-refractivity contribution in [3.05, 3.63) is 0 Å². The molecule has 0 saturated heterocycles. The van der Waals surface area contributed by atoms with Gasteiger partial charge in [-0.15, -0.1) is 11.8 Å². The van der Waals surface area contributed by atoms with Crippen molar-refractivity contribution >= 4 is 17.7 Å². The third-order valence-electron chi connectivity index (χ3n) is 2.50. The van der Waals surface area contributed by atoms with Crippen molar-refractivity contribution in [2.45, 2.75) is 31.9 Å². The summed E-state index contributed by atoms with van der Waals surface area (Å²) >= 11 is 1.64. The van der Waals surface area contributed by atoms with E-state index < -0.39 is 0 Å². The lowest BCUT2D eigenvalue weighted by Crippen LogP contribution is -2.33. The molecule has 3 nitrogen and oxygen atoms in total. The molecule has 0 aromatic heterocycles. The van der Waals surface area contributed by atoms with Gasteiger partial charge in [-0.25, -0.2) is 0 Å². The molecule has 1 aliphatic rings. The molecule has 0 radical (unpaired) electrons. The first kappa shape index (κ1) is 11.9. The largest absolute Gasteiger partial charge is 0.396 e. The summed E-state index contributed by atoms with van der Waals surface area (Å²) < 4.78 is 0. The zero-order valence-electron chi connectivity index (χ0n) is 8.88. The van der Waals surface area contributed by atoms with Gasteiger partial charge in [0.15, 0.2) is 0 Å². The zero-order valence-corrected chi connectivity index (χ0v) is 9.69. The molecule has 4 heteroatoms. The Balaban J connectivity index is 2.09. The lowest BCUT2D eigenvalue weighted by molar-refractivity contribution is -0.118. The highest BCUT2D eigenvalue weighted by molar-refractivity contribution is 8.00. The predicted octanol–water partition coefficient (Wildman–Crippen LogP) is 1.02. The molecule has 1 saturated carbocycles. The van der Waals surface area contributed by atoms with E-state index in [0.717, 1.165) is 12.8 Å². The average molecular weight is 217 g/mol. The van der Waals surface area contributed by atoms with Crippen LogP contribution in [0.25, 0.3) is 0 Å². The second-order valence-corrected chi connectivity index (χ2v) is 5.86. The Morgan fingerprint density at radius 3 is 2.64 bits per heavy atom. The van der Waals surface area contributed by atoms with Crippen LogP contribution in [0.2, 0.25) is 0 Å². The predicted molar refractivity (Wildman–Crippen MR) is 59.4 cm³/mol. The van der Waals surface area contributed by atoms with Crippen molar-refractivity contribution in [2.75, 3.05) is 18.9 Å². The van der Waals surface area contributed by atoms with Crippen molar-refractivity contribution in [1.82, 2.24) is 5.32 Å². The van der Waals surface area contributed by atoms with E-state index in [-0.39, 0.29) is 17.9 Å². The van der Waals surface area contributed by atoms with Crippen LogP contribution in [-0.2, 0) is 4.79 Å². The number of amides is 1. The van der Waals surface area contributed by atoms with Gasteiger partial charge >= 0.3 is 0 Å². The number of nitrogens with one attached hydrogen (secondary N) is 1. The number of aliphatic hydroxyl groups is 1. The van der Waals surface area contributed by atoms with Gasteiger partial charge in [-0.05, 0) is 18.1 Å². The lowest BCUT2D eigenvalue weighted by atomic mass is 10.1. The highest BCUT2D eigenvalue weighted by Gasteiger charge is 2.41. The summed E-state index contributed by atoms with van der Waals surface area (Å²) in [7, 11) is 0. The molecule has 0 spiro atoms. The number of rotatable bonds is 6. The number of hydrogen-bond acceptors (Lipinski definition) is 3. The van der Waals surface area contributed by atoms with Gasteiger partial charge in [0.1, 0.15) is 0 Å². The molecule has 14 heavy (non-hydrogen) atoms. The molecule has 0 bridgehead atoms. The summed E-state index contributed by atoms with van der Waals surface area (Å²) in [6.07, 6.45) is 2.09. The molecule has 1 amide bonds. The van der Waals surface area contributed by atoms with Gasteiger partial charge < -0.3 is 10.4 Å². The second-order valence-electron chi connectivity index (χ2n) is 4.29. The van der Waals surface area contributed by atoms with Crippen molar-refractivity contribution in [2.24, 2.45) is 5.41 Å². The third-order valence-corrected chi connectivity index (χ3v) is 3.60. The SMILES string of the molecule is CC(C)SCC(=O)NCC1(CO)CC1. The van der Waals surface area contributed by atoms with Crippen LogP contribution in [0.4, 0.5) is 0 Å². The minimum Gasteiger partial charge on any atom is -0.396 e. The summed E-state index contributed by atoms with van der Waals surface area (Å²) in [6.45, 7) is 4.99. The number of thioether (sulfide) groups is 1. The first-order valence-corrected chi connectivity index (χ1v) is 6.12. The summed E-state index contributed by atoms with van der Waals surface area (Å²) in [4.78, 5) is 11.3. The highest BCUT2D eigenvalue weighted by atomic mass is 32.2. The molecule has 1 fully saturated rings. The van der Waals surface area contributed by atoms with Gasteiger partial charge in [-0.2, -0.15) is 0 Å². The zero-order chi connectivity index (χ0) is 10.6. The Morgan fingerprint density at radius 1 is 1.57 bits per heavy atom. The number of carbonyl (C=O) groups excluding carboxylic acids is 1. The molecule has 0 aromatic rings. The fourth-order valence-corrected chi connectivity index (χ4v) is 1.73. The molecule has 0 unspecified atom stereocenters. The van der Waals surface area contributed by atoms with E-state index in [4.69, 9.17) is 5.11 Å². The average Bonchev–Trinajstić information content (AvgIpc) is 2.92. The molecule has 0 heterocycles. The normalized spacial score (nSPS) is 18.3. The molecular weight excluding hydrogens is 198 g/mol. The Morgan fingerprint density at radius 2 is 2.21 bits per heavy atom.